The fourth-order valence-electron chi connectivity index (χ4n) is 3.82. The third kappa shape index (κ3) is 5.30. The smallest absolute Gasteiger partial charge is 0.323 e. The first-order chi connectivity index (χ1) is 15.3. The summed E-state index contributed by atoms with van der Waals surface area (Å²) in [5, 5.41) is 7.26. The quantitative estimate of drug-likeness (QED) is 0.418. The molecule has 0 saturated heterocycles. The first-order valence-electron chi connectivity index (χ1n) is 10.3. The first-order valence-corrected chi connectivity index (χ1v) is 11.5. The van der Waals surface area contributed by atoms with Crippen LogP contribution in [0.4, 0.5) is 18.9 Å². The Morgan fingerprint density at radius 1 is 1.06 bits per heavy atom. The highest BCUT2D eigenvalue weighted by molar-refractivity contribution is 7.99. The Labute approximate surface area is 193 Å². The Kier molecular flexibility index (Phi) is 6.81. The Morgan fingerprint density at radius 2 is 1.78 bits per heavy atom. The number of alkyl halides is 3. The minimum absolute atomic E-state index is 0.237. The number of para-hydroxylation sites is 1. The van der Waals surface area contributed by atoms with Crippen LogP contribution in [-0.2, 0) is 30.4 Å². The van der Waals surface area contributed by atoms with Gasteiger partial charge in [0.2, 0.25) is 5.91 Å². The zero-order chi connectivity index (χ0) is 22.7. The van der Waals surface area contributed by atoms with Gasteiger partial charge >= 0.3 is 6.18 Å². The number of carbonyl (C=O) groups is 1. The van der Waals surface area contributed by atoms with Crippen molar-refractivity contribution in [2.75, 3.05) is 5.32 Å². The molecule has 2 aromatic carbocycles. The summed E-state index contributed by atoms with van der Waals surface area (Å²) in [7, 11) is 0. The van der Waals surface area contributed by atoms with Crippen LogP contribution in [0.25, 0.3) is 0 Å². The molecule has 0 bridgehead atoms. The van der Waals surface area contributed by atoms with E-state index in [1.165, 1.54) is 16.4 Å². The second kappa shape index (κ2) is 9.58. The number of benzene rings is 2. The molecule has 0 spiro atoms. The van der Waals surface area contributed by atoms with E-state index < -0.39 is 17.8 Å². The molecule has 0 fully saturated rings. The minimum Gasteiger partial charge on any atom is -0.323 e. The molecular formula is C23H21ClF3N3OS. The molecule has 3 aromatic rings. The molecule has 0 aliphatic heterocycles. The fourth-order valence-corrected chi connectivity index (χ4v) is 4.85. The van der Waals surface area contributed by atoms with E-state index in [0.29, 0.717) is 35.7 Å². The largest absolute Gasteiger partial charge is 0.435 e. The van der Waals surface area contributed by atoms with Crippen LogP contribution in [0.2, 0.25) is 5.02 Å². The van der Waals surface area contributed by atoms with Gasteiger partial charge in [0.05, 0.1) is 5.69 Å². The maximum absolute atomic E-state index is 13.5. The molecule has 0 saturated carbocycles. The molecule has 1 aliphatic rings. The van der Waals surface area contributed by atoms with Gasteiger partial charge in [-0.2, -0.15) is 18.3 Å². The van der Waals surface area contributed by atoms with Crippen molar-refractivity contribution >= 4 is 35.0 Å². The summed E-state index contributed by atoms with van der Waals surface area (Å²) in [4.78, 5) is 14.5. The van der Waals surface area contributed by atoms with Gasteiger partial charge in [0.25, 0.3) is 0 Å². The molecule has 1 heterocycles. The average Bonchev–Trinajstić information content (AvgIpc) is 2.92. The molecule has 1 aromatic heterocycles. The average molecular weight is 480 g/mol. The lowest BCUT2D eigenvalue weighted by molar-refractivity contribution is -0.142. The van der Waals surface area contributed by atoms with Gasteiger partial charge in [-0.15, -0.1) is 0 Å². The van der Waals surface area contributed by atoms with Crippen LogP contribution in [0.15, 0.2) is 58.3 Å². The second-order valence-corrected chi connectivity index (χ2v) is 9.14. The predicted octanol–water partition coefficient (Wildman–Crippen LogP) is 6.61. The monoisotopic (exact) mass is 479 g/mol. The van der Waals surface area contributed by atoms with Crippen molar-refractivity contribution < 1.29 is 18.0 Å². The predicted molar refractivity (Wildman–Crippen MR) is 119 cm³/mol. The lowest BCUT2D eigenvalue weighted by atomic mass is 10.1. The molecular weight excluding hydrogens is 459 g/mol. The Morgan fingerprint density at radius 3 is 2.53 bits per heavy atom. The number of nitrogens with one attached hydrogen (secondary N) is 1. The van der Waals surface area contributed by atoms with Crippen LogP contribution in [0, 0.1) is 0 Å². The van der Waals surface area contributed by atoms with E-state index in [1.54, 1.807) is 24.3 Å². The van der Waals surface area contributed by atoms with E-state index in [4.69, 9.17) is 11.6 Å². The van der Waals surface area contributed by atoms with E-state index >= 15 is 0 Å². The summed E-state index contributed by atoms with van der Waals surface area (Å²) in [5.41, 5.74) is 0.489. The minimum atomic E-state index is -4.53. The van der Waals surface area contributed by atoms with Crippen molar-refractivity contribution in [2.45, 2.75) is 54.6 Å². The summed E-state index contributed by atoms with van der Waals surface area (Å²) in [5.74, 6) is -0.419. The number of rotatable bonds is 5. The third-order valence-corrected chi connectivity index (χ3v) is 6.61. The van der Waals surface area contributed by atoms with E-state index in [-0.39, 0.29) is 12.1 Å². The second-order valence-electron chi connectivity index (χ2n) is 7.59. The summed E-state index contributed by atoms with van der Waals surface area (Å²) in [6.07, 6.45) is -1.34. The van der Waals surface area contributed by atoms with Crippen molar-refractivity contribution in [3.63, 3.8) is 0 Å². The van der Waals surface area contributed by atoms with Gasteiger partial charge in [0.1, 0.15) is 6.54 Å². The summed E-state index contributed by atoms with van der Waals surface area (Å²) in [6, 6.07) is 14.6. The number of amides is 1. The summed E-state index contributed by atoms with van der Waals surface area (Å²) < 4.78 is 41.7. The number of nitrogens with zero attached hydrogens (tertiary/aromatic N) is 2. The van der Waals surface area contributed by atoms with Crippen LogP contribution >= 0.6 is 23.4 Å². The number of hydrogen-bond acceptors (Lipinski definition) is 3. The molecule has 4 rings (SSSR count). The van der Waals surface area contributed by atoms with Gasteiger partial charge in [-0.05, 0) is 62.1 Å². The Hall–Kier alpha value is -2.45. The topological polar surface area (TPSA) is 46.9 Å². The standard InChI is InChI=1S/C23H21ClF3N3OS/c24-15-10-12-16(13-11-15)32-20-9-5-4-7-18(20)28-21(31)14-30-19-8-3-1-2-6-17(19)22(29-30)23(25,26)27/h4-5,7,9-13H,1-3,6,8,14H2,(H,28,31). The van der Waals surface area contributed by atoms with Crippen molar-refractivity contribution in [1.29, 1.82) is 0 Å². The Balaban J connectivity index is 1.54. The van der Waals surface area contributed by atoms with Crippen LogP contribution in [0.5, 0.6) is 0 Å². The van der Waals surface area contributed by atoms with Gasteiger partial charge in [-0.1, -0.05) is 41.9 Å². The highest BCUT2D eigenvalue weighted by Crippen LogP contribution is 2.36. The molecule has 0 unspecified atom stereocenters. The molecule has 1 N–H and O–H groups in total. The third-order valence-electron chi connectivity index (χ3n) is 5.27. The lowest BCUT2D eigenvalue weighted by Crippen LogP contribution is -2.21. The number of aromatic nitrogens is 2. The molecule has 0 radical (unpaired) electrons. The number of fused-ring (bicyclic) bond motifs is 1. The highest BCUT2D eigenvalue weighted by Gasteiger charge is 2.39. The lowest BCUT2D eigenvalue weighted by Gasteiger charge is -2.12. The number of halogens is 4. The molecule has 0 atom stereocenters. The van der Waals surface area contributed by atoms with E-state index in [2.05, 4.69) is 10.4 Å². The van der Waals surface area contributed by atoms with Crippen molar-refractivity contribution in [1.82, 2.24) is 9.78 Å². The highest BCUT2D eigenvalue weighted by atomic mass is 35.5. The molecule has 1 aliphatic carbocycles. The van der Waals surface area contributed by atoms with Gasteiger partial charge in [0, 0.05) is 26.1 Å². The zero-order valence-electron chi connectivity index (χ0n) is 17.1. The number of anilines is 1. The molecule has 9 heteroatoms. The van der Waals surface area contributed by atoms with Crippen LogP contribution in [0.1, 0.15) is 36.2 Å². The molecule has 32 heavy (non-hydrogen) atoms. The number of carbonyl (C=O) groups excluding carboxylic acids is 1. The van der Waals surface area contributed by atoms with Gasteiger partial charge in [-0.25, -0.2) is 0 Å². The normalized spacial score (nSPS) is 14.0. The van der Waals surface area contributed by atoms with E-state index in [1.807, 2.05) is 24.3 Å². The maximum Gasteiger partial charge on any atom is 0.435 e. The van der Waals surface area contributed by atoms with Crippen LogP contribution in [-0.4, -0.2) is 15.7 Å². The van der Waals surface area contributed by atoms with Gasteiger partial charge in [-0.3, -0.25) is 9.48 Å². The van der Waals surface area contributed by atoms with Gasteiger partial charge in [0.15, 0.2) is 5.69 Å². The zero-order valence-corrected chi connectivity index (χ0v) is 18.7. The molecule has 1 amide bonds. The van der Waals surface area contributed by atoms with Crippen molar-refractivity contribution in [3.8, 4) is 0 Å². The van der Waals surface area contributed by atoms with Crippen LogP contribution in [0.3, 0.4) is 0 Å². The summed E-state index contributed by atoms with van der Waals surface area (Å²) >= 11 is 7.40. The SMILES string of the molecule is O=C(Cn1nc(C(F)(F)F)c2c1CCCCC2)Nc1ccccc1Sc1ccc(Cl)cc1. The molecule has 4 nitrogen and oxygen atoms in total. The van der Waals surface area contributed by atoms with Crippen molar-refractivity contribution in [3.05, 3.63) is 70.5 Å². The van der Waals surface area contributed by atoms with E-state index in [0.717, 1.165) is 22.6 Å². The number of hydrogen-bond donors (Lipinski definition) is 1. The Bertz CT molecular complexity index is 1110. The van der Waals surface area contributed by atoms with Gasteiger partial charge < -0.3 is 5.32 Å². The van der Waals surface area contributed by atoms with Crippen LogP contribution < -0.4 is 5.32 Å². The summed E-state index contributed by atoms with van der Waals surface area (Å²) in [6.45, 7) is -0.266. The maximum atomic E-state index is 13.5. The van der Waals surface area contributed by atoms with Crippen molar-refractivity contribution in [2.24, 2.45) is 0 Å². The first kappa shape index (κ1) is 22.7. The van der Waals surface area contributed by atoms with E-state index in [9.17, 15) is 18.0 Å². The fraction of sp³-hybridized carbons (Fsp3) is 0.304. The molecule has 168 valence electrons.